The minimum atomic E-state index is -0.532. The Bertz CT molecular complexity index is 743. The Morgan fingerprint density at radius 3 is 2.76 bits per heavy atom. The van der Waals surface area contributed by atoms with Crippen molar-refractivity contribution in [3.63, 3.8) is 0 Å². The molecule has 2 rings (SSSR count). The summed E-state index contributed by atoms with van der Waals surface area (Å²) in [6.07, 6.45) is 0. The maximum atomic E-state index is 10.7. The Morgan fingerprint density at radius 1 is 1.33 bits per heavy atom. The molecule has 1 N–H and O–H groups in total. The Hall–Kier alpha value is -2.10. The Kier molecular flexibility index (Phi) is 4.78. The normalized spacial score (nSPS) is 9.95. The van der Waals surface area contributed by atoms with Gasteiger partial charge in [-0.1, -0.05) is 27.5 Å². The number of benzene rings is 2. The molecule has 0 unspecified atom stereocenters. The minimum Gasteiger partial charge on any atom is -0.380 e. The number of nitriles is 1. The third-order valence-electron chi connectivity index (χ3n) is 2.81. The number of anilines is 1. The molecule has 5 nitrogen and oxygen atoms in total. The molecule has 0 amide bonds. The second-order valence-corrected chi connectivity index (χ2v) is 5.51. The van der Waals surface area contributed by atoms with Crippen molar-refractivity contribution in [2.24, 2.45) is 0 Å². The first-order valence-electron chi connectivity index (χ1n) is 5.87. The maximum absolute atomic E-state index is 10.7. The first kappa shape index (κ1) is 15.3. The van der Waals surface area contributed by atoms with Crippen LogP contribution in [0.4, 0.5) is 11.4 Å². The number of nitro groups is 1. The first-order valence-corrected chi connectivity index (χ1v) is 7.04. The van der Waals surface area contributed by atoms with Crippen molar-refractivity contribution in [2.45, 2.75) is 6.54 Å². The van der Waals surface area contributed by atoms with Gasteiger partial charge in [0.1, 0.15) is 6.07 Å². The highest BCUT2D eigenvalue weighted by Gasteiger charge is 2.11. The second kappa shape index (κ2) is 6.57. The van der Waals surface area contributed by atoms with Crippen molar-refractivity contribution >= 4 is 38.9 Å². The predicted octanol–water partition coefficient (Wildman–Crippen LogP) is 4.49. The lowest BCUT2D eigenvalue weighted by molar-refractivity contribution is -0.384. The van der Waals surface area contributed by atoms with Crippen molar-refractivity contribution in [1.82, 2.24) is 0 Å². The topological polar surface area (TPSA) is 79.0 Å². The van der Waals surface area contributed by atoms with Crippen molar-refractivity contribution in [3.8, 4) is 6.07 Å². The lowest BCUT2D eigenvalue weighted by Crippen LogP contribution is -2.02. The van der Waals surface area contributed by atoms with Crippen molar-refractivity contribution in [2.75, 3.05) is 5.32 Å². The summed E-state index contributed by atoms with van der Waals surface area (Å²) in [7, 11) is 0. The fourth-order valence-corrected chi connectivity index (χ4v) is 2.35. The number of nitrogens with one attached hydrogen (secondary N) is 1. The highest BCUT2D eigenvalue weighted by molar-refractivity contribution is 9.10. The monoisotopic (exact) mass is 365 g/mol. The molecule has 0 radical (unpaired) electrons. The fourth-order valence-electron chi connectivity index (χ4n) is 1.76. The molecule has 0 saturated carbocycles. The van der Waals surface area contributed by atoms with E-state index in [1.165, 1.54) is 18.2 Å². The second-order valence-electron chi connectivity index (χ2n) is 4.19. The van der Waals surface area contributed by atoms with Gasteiger partial charge in [-0.15, -0.1) is 0 Å². The number of nitro benzene ring substituents is 1. The van der Waals surface area contributed by atoms with E-state index in [0.717, 1.165) is 10.0 Å². The molecule has 0 aliphatic rings. The third kappa shape index (κ3) is 3.72. The zero-order valence-corrected chi connectivity index (χ0v) is 13.0. The molecule has 0 aromatic heterocycles. The lowest BCUT2D eigenvalue weighted by atomic mass is 10.1. The van der Waals surface area contributed by atoms with Crippen LogP contribution in [0, 0.1) is 21.4 Å². The van der Waals surface area contributed by atoms with Gasteiger partial charge in [0.25, 0.3) is 5.69 Å². The lowest BCUT2D eigenvalue weighted by Gasteiger charge is -2.10. The molecule has 2 aromatic carbocycles. The van der Waals surface area contributed by atoms with Crippen molar-refractivity contribution < 1.29 is 4.92 Å². The molecular weight excluding hydrogens is 358 g/mol. The molecule has 0 bridgehead atoms. The number of halogens is 2. The van der Waals surface area contributed by atoms with Gasteiger partial charge in [0.15, 0.2) is 0 Å². The van der Waals surface area contributed by atoms with Crippen LogP contribution in [-0.2, 0) is 6.54 Å². The van der Waals surface area contributed by atoms with Crippen molar-refractivity contribution in [1.29, 1.82) is 5.26 Å². The Labute approximate surface area is 134 Å². The summed E-state index contributed by atoms with van der Waals surface area (Å²) in [5.74, 6) is 0. The van der Waals surface area contributed by atoms with Crippen LogP contribution in [0.2, 0.25) is 5.02 Å². The zero-order chi connectivity index (χ0) is 15.4. The molecule has 106 valence electrons. The number of rotatable bonds is 4. The molecule has 0 atom stereocenters. The number of hydrogen-bond acceptors (Lipinski definition) is 4. The van der Waals surface area contributed by atoms with Gasteiger partial charge >= 0.3 is 0 Å². The van der Waals surface area contributed by atoms with Gasteiger partial charge in [-0.2, -0.15) is 5.26 Å². The standard InChI is InChI=1S/C14H9BrClN3O2/c15-11-1-3-13(16)10(5-11)8-18-14-4-2-12(19(20)21)6-9(14)7-17/h1-6,18H,8H2. The summed E-state index contributed by atoms with van der Waals surface area (Å²) >= 11 is 9.45. The van der Waals surface area contributed by atoms with Gasteiger partial charge in [-0.25, -0.2) is 0 Å². The van der Waals surface area contributed by atoms with Gasteiger partial charge in [0.2, 0.25) is 0 Å². The van der Waals surface area contributed by atoms with E-state index in [1.807, 2.05) is 18.2 Å². The summed E-state index contributed by atoms with van der Waals surface area (Å²) in [5, 5.41) is 23.4. The summed E-state index contributed by atoms with van der Waals surface area (Å²) < 4.78 is 0.896. The third-order valence-corrected chi connectivity index (χ3v) is 3.67. The Morgan fingerprint density at radius 2 is 2.10 bits per heavy atom. The van der Waals surface area contributed by atoms with Crippen LogP contribution in [0.3, 0.4) is 0 Å². The highest BCUT2D eigenvalue weighted by atomic mass is 79.9. The van der Waals surface area contributed by atoms with Crippen LogP contribution in [0.5, 0.6) is 0 Å². The summed E-state index contributed by atoms with van der Waals surface area (Å²) in [5.41, 5.74) is 1.49. The maximum Gasteiger partial charge on any atom is 0.270 e. The molecule has 0 heterocycles. The van der Waals surface area contributed by atoms with E-state index in [4.69, 9.17) is 16.9 Å². The van der Waals surface area contributed by atoms with E-state index >= 15 is 0 Å². The van der Waals surface area contributed by atoms with E-state index in [0.29, 0.717) is 17.3 Å². The van der Waals surface area contributed by atoms with Crippen LogP contribution >= 0.6 is 27.5 Å². The van der Waals surface area contributed by atoms with Gasteiger partial charge in [0, 0.05) is 28.2 Å². The average Bonchev–Trinajstić information content (AvgIpc) is 2.47. The molecule has 0 fully saturated rings. The van der Waals surface area contributed by atoms with E-state index in [1.54, 1.807) is 6.07 Å². The summed E-state index contributed by atoms with van der Waals surface area (Å²) in [6, 6.07) is 11.5. The molecule has 0 aliphatic heterocycles. The largest absolute Gasteiger partial charge is 0.380 e. The molecule has 0 spiro atoms. The average molecular weight is 367 g/mol. The molecule has 2 aromatic rings. The van der Waals surface area contributed by atoms with Gasteiger partial charge in [0.05, 0.1) is 16.2 Å². The van der Waals surface area contributed by atoms with Crippen LogP contribution in [0.1, 0.15) is 11.1 Å². The SMILES string of the molecule is N#Cc1cc([N+](=O)[O-])ccc1NCc1cc(Br)ccc1Cl. The van der Waals surface area contributed by atoms with Gasteiger partial charge < -0.3 is 5.32 Å². The summed E-state index contributed by atoms with van der Waals surface area (Å²) in [6.45, 7) is 0.408. The smallest absolute Gasteiger partial charge is 0.270 e. The molecule has 7 heteroatoms. The minimum absolute atomic E-state index is 0.113. The van der Waals surface area contributed by atoms with Crippen molar-refractivity contribution in [3.05, 3.63) is 67.1 Å². The van der Waals surface area contributed by atoms with Crippen LogP contribution < -0.4 is 5.32 Å². The molecule has 0 aliphatic carbocycles. The highest BCUT2D eigenvalue weighted by Crippen LogP contribution is 2.25. The van der Waals surface area contributed by atoms with E-state index < -0.39 is 4.92 Å². The number of hydrogen-bond donors (Lipinski definition) is 1. The van der Waals surface area contributed by atoms with E-state index in [9.17, 15) is 10.1 Å². The quantitative estimate of drug-likeness (QED) is 0.638. The molecular formula is C14H9BrClN3O2. The first-order chi connectivity index (χ1) is 10.0. The van der Waals surface area contributed by atoms with Crippen LogP contribution in [0.25, 0.3) is 0 Å². The predicted molar refractivity (Wildman–Crippen MR) is 84.3 cm³/mol. The van der Waals surface area contributed by atoms with Gasteiger partial charge in [-0.05, 0) is 29.8 Å². The summed E-state index contributed by atoms with van der Waals surface area (Å²) in [4.78, 5) is 10.2. The van der Waals surface area contributed by atoms with Gasteiger partial charge in [-0.3, -0.25) is 10.1 Å². The van der Waals surface area contributed by atoms with Crippen LogP contribution in [0.15, 0.2) is 40.9 Å². The zero-order valence-electron chi connectivity index (χ0n) is 10.6. The fraction of sp³-hybridized carbons (Fsp3) is 0.0714. The van der Waals surface area contributed by atoms with Crippen LogP contribution in [-0.4, -0.2) is 4.92 Å². The molecule has 21 heavy (non-hydrogen) atoms. The number of non-ortho nitro benzene ring substituents is 1. The number of nitrogens with zero attached hydrogens (tertiary/aromatic N) is 2. The van der Waals surface area contributed by atoms with E-state index in [2.05, 4.69) is 21.2 Å². The Balaban J connectivity index is 2.22. The molecule has 0 saturated heterocycles. The van der Waals surface area contributed by atoms with E-state index in [-0.39, 0.29) is 11.3 Å².